The summed E-state index contributed by atoms with van der Waals surface area (Å²) >= 11 is 0. The number of hydrogen-bond donors (Lipinski definition) is 1. The summed E-state index contributed by atoms with van der Waals surface area (Å²) in [7, 11) is 0. The predicted molar refractivity (Wildman–Crippen MR) is 92.7 cm³/mol. The van der Waals surface area contributed by atoms with Crippen molar-refractivity contribution in [1.82, 2.24) is 9.55 Å². The predicted octanol–water partition coefficient (Wildman–Crippen LogP) is 2.86. The standard InChI is InChI=1S/C18H25N3O2/c1-3-5-14(6-4-2)7-8-15-9-10-16-17(20-15)18(23)21(11-12-22)13-19-16/h3,5-6,12-13,15,20H,4,7-11H2,1-2H3/b5-3-,14-6+. The molecule has 1 N–H and O–H groups in total. The van der Waals surface area contributed by atoms with Crippen LogP contribution in [-0.4, -0.2) is 21.9 Å². The summed E-state index contributed by atoms with van der Waals surface area (Å²) in [5, 5.41) is 3.34. The lowest BCUT2D eigenvalue weighted by molar-refractivity contribution is -0.108. The van der Waals surface area contributed by atoms with E-state index in [1.165, 1.54) is 16.5 Å². The monoisotopic (exact) mass is 315 g/mol. The highest BCUT2D eigenvalue weighted by molar-refractivity contribution is 5.52. The van der Waals surface area contributed by atoms with Crippen LogP contribution in [0, 0.1) is 0 Å². The molecular formula is C18H25N3O2. The van der Waals surface area contributed by atoms with E-state index in [-0.39, 0.29) is 18.1 Å². The molecule has 1 aromatic heterocycles. The number of nitrogens with zero attached hydrogens (tertiary/aromatic N) is 2. The van der Waals surface area contributed by atoms with Crippen LogP contribution >= 0.6 is 0 Å². The zero-order chi connectivity index (χ0) is 16.7. The molecule has 0 spiro atoms. The molecule has 1 aliphatic heterocycles. The molecule has 0 aromatic carbocycles. The molecule has 5 nitrogen and oxygen atoms in total. The van der Waals surface area contributed by atoms with Crippen LogP contribution in [0.15, 0.2) is 34.9 Å². The molecule has 1 unspecified atom stereocenters. The van der Waals surface area contributed by atoms with E-state index in [1.807, 2.05) is 6.92 Å². The number of hydrogen-bond acceptors (Lipinski definition) is 4. The van der Waals surface area contributed by atoms with Gasteiger partial charge < -0.3 is 10.1 Å². The van der Waals surface area contributed by atoms with Crippen LogP contribution in [0.2, 0.25) is 0 Å². The van der Waals surface area contributed by atoms with Gasteiger partial charge in [-0.15, -0.1) is 0 Å². The molecular weight excluding hydrogens is 290 g/mol. The Kier molecular flexibility index (Phi) is 6.32. The van der Waals surface area contributed by atoms with Gasteiger partial charge in [-0.05, 0) is 39.0 Å². The first-order valence-corrected chi connectivity index (χ1v) is 8.29. The fourth-order valence-corrected chi connectivity index (χ4v) is 2.94. The fourth-order valence-electron chi connectivity index (χ4n) is 2.94. The summed E-state index contributed by atoms with van der Waals surface area (Å²) in [5.41, 5.74) is 2.57. The van der Waals surface area contributed by atoms with Gasteiger partial charge in [0.25, 0.3) is 5.56 Å². The van der Waals surface area contributed by atoms with E-state index in [2.05, 4.69) is 35.5 Å². The molecule has 5 heteroatoms. The van der Waals surface area contributed by atoms with Gasteiger partial charge in [0, 0.05) is 6.04 Å². The van der Waals surface area contributed by atoms with Crippen molar-refractivity contribution < 1.29 is 4.79 Å². The molecule has 1 atom stereocenters. The van der Waals surface area contributed by atoms with Crippen molar-refractivity contribution in [1.29, 1.82) is 0 Å². The topological polar surface area (TPSA) is 64.0 Å². The van der Waals surface area contributed by atoms with E-state index in [9.17, 15) is 9.59 Å². The highest BCUT2D eigenvalue weighted by atomic mass is 16.1. The Morgan fingerprint density at radius 2 is 2.35 bits per heavy atom. The number of carbonyl (C=O) groups excluding carboxylic acids is 1. The molecule has 0 amide bonds. The average molecular weight is 315 g/mol. The summed E-state index contributed by atoms with van der Waals surface area (Å²) in [4.78, 5) is 27.3. The Bertz CT molecular complexity index is 659. The summed E-state index contributed by atoms with van der Waals surface area (Å²) in [6.45, 7) is 4.22. The van der Waals surface area contributed by atoms with E-state index < -0.39 is 0 Å². The molecule has 0 fully saturated rings. The van der Waals surface area contributed by atoms with Gasteiger partial charge in [-0.2, -0.15) is 0 Å². The lowest BCUT2D eigenvalue weighted by Gasteiger charge is -2.26. The van der Waals surface area contributed by atoms with Gasteiger partial charge in [0.15, 0.2) is 0 Å². The van der Waals surface area contributed by atoms with Crippen LogP contribution in [0.4, 0.5) is 5.69 Å². The molecule has 0 aliphatic carbocycles. The van der Waals surface area contributed by atoms with Gasteiger partial charge in [-0.25, -0.2) is 4.98 Å². The highest BCUT2D eigenvalue weighted by Gasteiger charge is 2.22. The Balaban J connectivity index is 2.07. The van der Waals surface area contributed by atoms with E-state index >= 15 is 0 Å². The third-order valence-electron chi connectivity index (χ3n) is 4.09. The lowest BCUT2D eigenvalue weighted by Crippen LogP contribution is -2.34. The lowest BCUT2D eigenvalue weighted by atomic mass is 9.96. The fraction of sp³-hybridized carbons (Fsp3) is 0.500. The molecule has 2 heterocycles. The number of carbonyl (C=O) groups is 1. The minimum atomic E-state index is -0.149. The average Bonchev–Trinajstić information content (AvgIpc) is 2.56. The van der Waals surface area contributed by atoms with Crippen molar-refractivity contribution in [3.63, 3.8) is 0 Å². The Labute approximate surface area is 137 Å². The summed E-state index contributed by atoms with van der Waals surface area (Å²) in [6.07, 6.45) is 13.4. The molecule has 2 rings (SSSR count). The minimum absolute atomic E-state index is 0.0517. The van der Waals surface area contributed by atoms with Gasteiger partial charge in [0.05, 0.1) is 18.6 Å². The second kappa shape index (κ2) is 8.46. The SMILES string of the molecule is C/C=C\C(=C/CC)CCC1CCc2ncn(CC=O)c(=O)c2N1. The molecule has 1 aromatic rings. The molecule has 0 radical (unpaired) electrons. The van der Waals surface area contributed by atoms with Crippen molar-refractivity contribution in [2.24, 2.45) is 0 Å². The number of anilines is 1. The van der Waals surface area contributed by atoms with Gasteiger partial charge in [0.1, 0.15) is 12.0 Å². The molecule has 0 saturated heterocycles. The van der Waals surface area contributed by atoms with Crippen LogP contribution in [0.5, 0.6) is 0 Å². The van der Waals surface area contributed by atoms with E-state index in [4.69, 9.17) is 0 Å². The van der Waals surface area contributed by atoms with Crippen molar-refractivity contribution >= 4 is 12.0 Å². The van der Waals surface area contributed by atoms with E-state index in [0.29, 0.717) is 12.0 Å². The number of aryl methyl sites for hydroxylation is 1. The zero-order valence-electron chi connectivity index (χ0n) is 13.9. The first kappa shape index (κ1) is 17.2. The summed E-state index contributed by atoms with van der Waals surface area (Å²) < 4.78 is 1.35. The van der Waals surface area contributed by atoms with Crippen LogP contribution in [0.1, 0.15) is 45.2 Å². The summed E-state index contributed by atoms with van der Waals surface area (Å²) in [6, 6.07) is 0.273. The number of allylic oxidation sites excluding steroid dienone is 4. The Morgan fingerprint density at radius 1 is 1.52 bits per heavy atom. The van der Waals surface area contributed by atoms with Crippen LogP contribution < -0.4 is 10.9 Å². The van der Waals surface area contributed by atoms with Gasteiger partial charge in [0.2, 0.25) is 0 Å². The van der Waals surface area contributed by atoms with Crippen molar-refractivity contribution in [2.45, 2.75) is 58.5 Å². The van der Waals surface area contributed by atoms with Crippen LogP contribution in [0.25, 0.3) is 0 Å². The normalized spacial score (nSPS) is 17.8. The zero-order valence-corrected chi connectivity index (χ0v) is 13.9. The molecule has 0 bridgehead atoms. The summed E-state index contributed by atoms with van der Waals surface area (Å²) in [5.74, 6) is 0. The molecule has 124 valence electrons. The third-order valence-corrected chi connectivity index (χ3v) is 4.09. The number of fused-ring (bicyclic) bond motifs is 1. The first-order chi connectivity index (χ1) is 11.2. The Morgan fingerprint density at radius 3 is 3.04 bits per heavy atom. The molecule has 0 saturated carbocycles. The quantitative estimate of drug-likeness (QED) is 0.621. The third kappa shape index (κ3) is 4.41. The minimum Gasteiger partial charge on any atom is -0.376 e. The molecule has 23 heavy (non-hydrogen) atoms. The van der Waals surface area contributed by atoms with Crippen LogP contribution in [0.3, 0.4) is 0 Å². The van der Waals surface area contributed by atoms with E-state index in [1.54, 1.807) is 0 Å². The number of aldehydes is 1. The van der Waals surface area contributed by atoms with Crippen molar-refractivity contribution in [3.8, 4) is 0 Å². The second-order valence-corrected chi connectivity index (χ2v) is 5.80. The number of rotatable bonds is 7. The van der Waals surface area contributed by atoms with Crippen molar-refractivity contribution in [2.75, 3.05) is 5.32 Å². The van der Waals surface area contributed by atoms with E-state index in [0.717, 1.165) is 37.8 Å². The van der Waals surface area contributed by atoms with Crippen LogP contribution in [-0.2, 0) is 17.8 Å². The maximum atomic E-state index is 12.4. The maximum absolute atomic E-state index is 12.4. The smallest absolute Gasteiger partial charge is 0.277 e. The van der Waals surface area contributed by atoms with Gasteiger partial charge in [-0.3, -0.25) is 9.36 Å². The van der Waals surface area contributed by atoms with Gasteiger partial charge in [-0.1, -0.05) is 30.7 Å². The largest absolute Gasteiger partial charge is 0.376 e. The Hall–Kier alpha value is -2.17. The number of nitrogens with one attached hydrogen (secondary N) is 1. The second-order valence-electron chi connectivity index (χ2n) is 5.80. The molecule has 1 aliphatic rings. The maximum Gasteiger partial charge on any atom is 0.277 e. The van der Waals surface area contributed by atoms with Crippen molar-refractivity contribution in [3.05, 3.63) is 46.2 Å². The first-order valence-electron chi connectivity index (χ1n) is 8.29. The highest BCUT2D eigenvalue weighted by Crippen LogP contribution is 2.23. The van der Waals surface area contributed by atoms with Gasteiger partial charge >= 0.3 is 0 Å². The number of aromatic nitrogens is 2.